The summed E-state index contributed by atoms with van der Waals surface area (Å²) in [6.07, 6.45) is -0.806. The molecule has 7 nitrogen and oxygen atoms in total. The predicted molar refractivity (Wildman–Crippen MR) is 25.6 cm³/mol. The molecule has 0 spiro atoms. The summed E-state index contributed by atoms with van der Waals surface area (Å²) in [6, 6.07) is 0. The molecule has 11 heteroatoms. The van der Waals surface area contributed by atoms with Gasteiger partial charge in [-0.25, -0.2) is 0 Å². The summed E-state index contributed by atoms with van der Waals surface area (Å²) in [5.74, 6) is -2.62. The Hall–Kier alpha value is 0.677. The maximum Gasteiger partial charge on any atom is 1.00 e. The van der Waals surface area contributed by atoms with Gasteiger partial charge in [0.05, 0.1) is 0 Å². The van der Waals surface area contributed by atoms with Crippen molar-refractivity contribution >= 4 is 19.3 Å². The molecule has 0 aliphatic carbocycles. The average Bonchev–Trinajstić information content (AvgIpc) is 1.56. The third-order valence-electron chi connectivity index (χ3n) is 0.302. The number of rotatable bonds is 2. The van der Waals surface area contributed by atoms with Crippen molar-refractivity contribution in [1.29, 1.82) is 0 Å². The average molecular weight is 184 g/mol. The first-order chi connectivity index (χ1) is 4.86. The zero-order valence-corrected chi connectivity index (χ0v) is 8.22. The van der Waals surface area contributed by atoms with E-state index in [1.54, 1.807) is 0 Å². The van der Waals surface area contributed by atoms with E-state index in [2.05, 4.69) is 0 Å². The largest absolute Gasteiger partial charge is 1.00 e. The van der Waals surface area contributed by atoms with E-state index in [4.69, 9.17) is 25.3 Å². The summed E-state index contributed by atoms with van der Waals surface area (Å²) in [5.41, 5.74) is 0. The van der Waals surface area contributed by atoms with Gasteiger partial charge in [0.15, 0.2) is 0 Å². The standard InChI is InChI=1S/C3H4O4.BO3.3Li/c4-2(5)1-3(6)7;2-1(3)4;;;/h1H2,(H,4,5)(H,6,7);;;;/q;-3;3*+1. The van der Waals surface area contributed by atoms with Crippen LogP contribution in [0.1, 0.15) is 6.42 Å². The van der Waals surface area contributed by atoms with Crippen LogP contribution in [-0.4, -0.2) is 29.5 Å². The number of carbonyl (C=O) groups is 2. The zero-order chi connectivity index (χ0) is 9.44. The Morgan fingerprint density at radius 2 is 1.07 bits per heavy atom. The second-order valence-corrected chi connectivity index (χ2v) is 1.25. The summed E-state index contributed by atoms with van der Waals surface area (Å²) in [7, 11) is -2.92. The van der Waals surface area contributed by atoms with Crippen LogP contribution in [0.3, 0.4) is 0 Å². The van der Waals surface area contributed by atoms with Crippen LogP contribution in [0.4, 0.5) is 0 Å². The van der Waals surface area contributed by atoms with E-state index < -0.39 is 25.7 Å². The van der Waals surface area contributed by atoms with Gasteiger partial charge in [-0.3, -0.25) is 16.9 Å². The van der Waals surface area contributed by atoms with Gasteiger partial charge in [0.2, 0.25) is 0 Å². The van der Waals surface area contributed by atoms with Crippen LogP contribution in [0.5, 0.6) is 0 Å². The van der Waals surface area contributed by atoms with Gasteiger partial charge in [0.25, 0.3) is 0 Å². The first-order valence-corrected chi connectivity index (χ1v) is 2.27. The van der Waals surface area contributed by atoms with Gasteiger partial charge in [-0.05, 0) is 0 Å². The Morgan fingerprint density at radius 3 is 1.07 bits per heavy atom. The fraction of sp³-hybridized carbons (Fsp3) is 0.333. The molecule has 0 atom stereocenters. The van der Waals surface area contributed by atoms with Crippen LogP contribution < -0.4 is 71.7 Å². The van der Waals surface area contributed by atoms with Crippen molar-refractivity contribution < 1.29 is 91.5 Å². The fourth-order valence-corrected chi connectivity index (χ4v) is 0.129. The van der Waals surface area contributed by atoms with Crippen molar-refractivity contribution in [3.8, 4) is 0 Å². The Morgan fingerprint density at radius 1 is 0.929 bits per heavy atom. The molecule has 0 bridgehead atoms. The minimum absolute atomic E-state index is 0. The van der Waals surface area contributed by atoms with Crippen molar-refractivity contribution in [2.75, 3.05) is 0 Å². The number of aliphatic carboxylic acids is 2. The second kappa shape index (κ2) is 19.3. The summed E-state index contributed by atoms with van der Waals surface area (Å²) >= 11 is 0. The molecule has 0 aromatic heterocycles. The zero-order valence-electron chi connectivity index (χ0n) is 8.22. The number of carboxylic acids is 2. The van der Waals surface area contributed by atoms with Crippen molar-refractivity contribution in [3.05, 3.63) is 0 Å². The monoisotopic (exact) mass is 184 g/mol. The van der Waals surface area contributed by atoms with Crippen LogP contribution in [-0.2, 0) is 9.59 Å². The van der Waals surface area contributed by atoms with Gasteiger partial charge in [0.1, 0.15) is 6.42 Å². The van der Waals surface area contributed by atoms with E-state index >= 15 is 0 Å². The predicted octanol–water partition coefficient (Wildman–Crippen LogP) is -13.4. The van der Waals surface area contributed by atoms with Crippen molar-refractivity contribution in [2.45, 2.75) is 6.42 Å². The molecule has 0 fully saturated rings. The Bertz CT molecular complexity index is 127. The van der Waals surface area contributed by atoms with Gasteiger partial charge in [-0.15, -0.1) is 0 Å². The van der Waals surface area contributed by atoms with Crippen LogP contribution >= 0.6 is 0 Å². The first kappa shape index (κ1) is 29.3. The van der Waals surface area contributed by atoms with E-state index in [0.717, 1.165) is 0 Å². The van der Waals surface area contributed by atoms with Gasteiger partial charge >= 0.3 is 68.5 Å². The summed E-state index contributed by atoms with van der Waals surface area (Å²) in [6.45, 7) is 0. The van der Waals surface area contributed by atoms with Crippen LogP contribution in [0.2, 0.25) is 0 Å². The number of hydrogen-bond acceptors (Lipinski definition) is 5. The molecule has 14 heavy (non-hydrogen) atoms. The maximum absolute atomic E-state index is 9.43. The van der Waals surface area contributed by atoms with E-state index in [-0.39, 0.29) is 56.6 Å². The molecule has 0 aromatic carbocycles. The summed E-state index contributed by atoms with van der Waals surface area (Å²) in [4.78, 5) is 18.9. The Labute approximate surface area is 117 Å². The van der Waals surface area contributed by atoms with Gasteiger partial charge in [-0.2, -0.15) is 0 Å². The second-order valence-electron chi connectivity index (χ2n) is 1.25. The van der Waals surface area contributed by atoms with Crippen molar-refractivity contribution in [1.82, 2.24) is 0 Å². The van der Waals surface area contributed by atoms with Gasteiger partial charge in [0, 0.05) is 0 Å². The molecule has 0 radical (unpaired) electrons. The normalized spacial score (nSPS) is 5.93. The third kappa shape index (κ3) is 79.0. The molecule has 0 aromatic rings. The molecule has 64 valence electrons. The Kier molecular flexibility index (Phi) is 40.4. The van der Waals surface area contributed by atoms with Gasteiger partial charge < -0.3 is 25.3 Å². The quantitative estimate of drug-likeness (QED) is 0.320. The van der Waals surface area contributed by atoms with E-state index in [0.29, 0.717) is 0 Å². The van der Waals surface area contributed by atoms with E-state index in [1.165, 1.54) is 0 Å². The van der Waals surface area contributed by atoms with Crippen LogP contribution in [0.25, 0.3) is 0 Å². The van der Waals surface area contributed by atoms with E-state index in [9.17, 15) is 9.59 Å². The third-order valence-corrected chi connectivity index (χ3v) is 0.302. The minimum atomic E-state index is -2.92. The molecule has 0 aliphatic rings. The van der Waals surface area contributed by atoms with Crippen LogP contribution in [0, 0.1) is 0 Å². The van der Waals surface area contributed by atoms with Gasteiger partial charge in [-0.1, -0.05) is 0 Å². The minimum Gasteiger partial charge on any atom is -0.907 e. The van der Waals surface area contributed by atoms with Crippen molar-refractivity contribution in [3.63, 3.8) is 0 Å². The topological polar surface area (TPSA) is 144 Å². The molecule has 0 saturated heterocycles. The number of hydrogen-bond donors (Lipinski definition) is 2. The maximum atomic E-state index is 9.43. The summed E-state index contributed by atoms with van der Waals surface area (Å²) in [5, 5.41) is 40.7. The summed E-state index contributed by atoms with van der Waals surface area (Å²) < 4.78 is 0. The molecular formula is C3H4BLi3O7. The molecule has 0 unspecified atom stereocenters. The molecule has 0 saturated carbocycles. The molecular weight excluding hydrogens is 180 g/mol. The first-order valence-electron chi connectivity index (χ1n) is 2.27. The Balaban J connectivity index is -0.0000000347. The molecule has 0 amide bonds. The van der Waals surface area contributed by atoms with Crippen molar-refractivity contribution in [2.24, 2.45) is 0 Å². The molecule has 2 N–H and O–H groups in total. The van der Waals surface area contributed by atoms with E-state index in [1.807, 2.05) is 0 Å². The SMILES string of the molecule is O=C(O)CC(=O)O.[Li+].[Li+].[Li+].[O-]B([O-])[O-]. The fourth-order valence-electron chi connectivity index (χ4n) is 0.129. The molecule has 0 aliphatic heterocycles. The number of carboxylic acid groups (broad SMARTS) is 2. The molecule has 0 rings (SSSR count). The smallest absolute Gasteiger partial charge is 0.907 e. The van der Waals surface area contributed by atoms with Crippen LogP contribution in [0.15, 0.2) is 0 Å². The molecule has 0 heterocycles.